The van der Waals surface area contributed by atoms with E-state index < -0.39 is 0 Å². The zero-order valence-corrected chi connectivity index (χ0v) is 12.7. The van der Waals surface area contributed by atoms with Crippen LogP contribution in [0.1, 0.15) is 28.3 Å². The molecule has 0 aliphatic rings. The molecular formula is C18H23NO. The van der Waals surface area contributed by atoms with Gasteiger partial charge in [0.15, 0.2) is 0 Å². The molecule has 2 heteroatoms. The first-order chi connectivity index (χ1) is 9.60. The first-order valence-corrected chi connectivity index (χ1v) is 7.04. The van der Waals surface area contributed by atoms with Crippen molar-refractivity contribution in [3.8, 4) is 5.75 Å². The van der Waals surface area contributed by atoms with Crippen molar-refractivity contribution in [1.82, 2.24) is 5.32 Å². The lowest BCUT2D eigenvalue weighted by Gasteiger charge is -2.19. The summed E-state index contributed by atoms with van der Waals surface area (Å²) in [5.41, 5.74) is 5.05. The lowest BCUT2D eigenvalue weighted by Crippen LogP contribution is -2.24. The molecule has 0 aliphatic carbocycles. The van der Waals surface area contributed by atoms with Gasteiger partial charge in [-0.15, -0.1) is 0 Å². The maximum Gasteiger partial charge on any atom is 0.119 e. The Morgan fingerprint density at radius 1 is 1.00 bits per heavy atom. The Bertz CT molecular complexity index is 557. The smallest absolute Gasteiger partial charge is 0.119 e. The highest BCUT2D eigenvalue weighted by Crippen LogP contribution is 2.21. The lowest BCUT2D eigenvalue weighted by atomic mass is 10.0. The van der Waals surface area contributed by atoms with Gasteiger partial charge in [0.05, 0.1) is 6.04 Å². The van der Waals surface area contributed by atoms with E-state index in [4.69, 9.17) is 4.74 Å². The summed E-state index contributed by atoms with van der Waals surface area (Å²) in [6.45, 7) is 6.95. The molecule has 1 N–H and O–H groups in total. The molecule has 0 amide bonds. The molecular weight excluding hydrogens is 246 g/mol. The molecule has 2 rings (SSSR count). The van der Waals surface area contributed by atoms with Gasteiger partial charge in [-0.1, -0.05) is 30.3 Å². The monoisotopic (exact) mass is 269 g/mol. The largest absolute Gasteiger partial charge is 0.492 e. The second-order valence-corrected chi connectivity index (χ2v) is 5.33. The minimum atomic E-state index is 0.206. The van der Waals surface area contributed by atoms with Crippen molar-refractivity contribution in [2.24, 2.45) is 0 Å². The Balaban J connectivity index is 2.10. The molecule has 106 valence electrons. The van der Waals surface area contributed by atoms with Crippen LogP contribution in [-0.4, -0.2) is 13.7 Å². The predicted molar refractivity (Wildman–Crippen MR) is 84.4 cm³/mol. The first kappa shape index (κ1) is 14.6. The minimum Gasteiger partial charge on any atom is -0.492 e. The molecule has 0 aromatic heterocycles. The van der Waals surface area contributed by atoms with Crippen LogP contribution in [0.3, 0.4) is 0 Å². The standard InChI is InChI=1S/C18H23NO/c1-13-9-14(2)11-16(10-13)20-12-18(19-4)17-8-6-5-7-15(17)3/h5-11,18-19H,12H2,1-4H3. The average molecular weight is 269 g/mol. The molecule has 0 fully saturated rings. The van der Waals surface area contributed by atoms with E-state index in [1.807, 2.05) is 7.05 Å². The van der Waals surface area contributed by atoms with E-state index in [2.05, 4.69) is 68.6 Å². The maximum atomic E-state index is 5.97. The number of rotatable bonds is 5. The SMILES string of the molecule is CNC(COc1cc(C)cc(C)c1)c1ccccc1C. The summed E-state index contributed by atoms with van der Waals surface area (Å²) < 4.78 is 5.97. The van der Waals surface area contributed by atoms with Crippen molar-refractivity contribution >= 4 is 0 Å². The van der Waals surface area contributed by atoms with E-state index >= 15 is 0 Å². The number of aryl methyl sites for hydroxylation is 3. The summed E-state index contributed by atoms with van der Waals surface area (Å²) in [6, 6.07) is 15.0. The number of benzene rings is 2. The van der Waals surface area contributed by atoms with Crippen molar-refractivity contribution in [2.45, 2.75) is 26.8 Å². The number of nitrogens with one attached hydrogen (secondary N) is 1. The molecule has 1 atom stereocenters. The molecule has 0 saturated heterocycles. The molecule has 1 unspecified atom stereocenters. The van der Waals surface area contributed by atoms with Gasteiger partial charge in [0.1, 0.15) is 12.4 Å². The molecule has 0 radical (unpaired) electrons. The predicted octanol–water partition coefficient (Wildman–Crippen LogP) is 3.95. The van der Waals surface area contributed by atoms with Crippen molar-refractivity contribution in [3.63, 3.8) is 0 Å². The molecule has 2 aromatic rings. The molecule has 0 heterocycles. The Labute approximate surface area is 121 Å². The lowest BCUT2D eigenvalue weighted by molar-refractivity contribution is 0.272. The van der Waals surface area contributed by atoms with Crippen molar-refractivity contribution in [1.29, 1.82) is 0 Å². The molecule has 20 heavy (non-hydrogen) atoms. The van der Waals surface area contributed by atoms with E-state index in [-0.39, 0.29) is 6.04 Å². The fourth-order valence-electron chi connectivity index (χ4n) is 2.50. The average Bonchev–Trinajstić information content (AvgIpc) is 2.40. The van der Waals surface area contributed by atoms with E-state index in [1.54, 1.807) is 0 Å². The van der Waals surface area contributed by atoms with Gasteiger partial charge in [-0.25, -0.2) is 0 Å². The summed E-state index contributed by atoms with van der Waals surface area (Å²) in [6.07, 6.45) is 0. The highest BCUT2D eigenvalue weighted by molar-refractivity contribution is 5.33. The van der Waals surface area contributed by atoms with E-state index in [0.717, 1.165) is 5.75 Å². The highest BCUT2D eigenvalue weighted by Gasteiger charge is 2.12. The molecule has 2 nitrogen and oxygen atoms in total. The van der Waals surface area contributed by atoms with E-state index in [9.17, 15) is 0 Å². The number of ether oxygens (including phenoxy) is 1. The third-order valence-electron chi connectivity index (χ3n) is 3.52. The van der Waals surface area contributed by atoms with E-state index in [1.165, 1.54) is 22.3 Å². The number of likely N-dealkylation sites (N-methyl/N-ethyl adjacent to an activating group) is 1. The van der Waals surface area contributed by atoms with Gasteiger partial charge in [0.25, 0.3) is 0 Å². The van der Waals surface area contributed by atoms with E-state index in [0.29, 0.717) is 6.61 Å². The first-order valence-electron chi connectivity index (χ1n) is 7.04. The third kappa shape index (κ3) is 3.61. The number of hydrogen-bond acceptors (Lipinski definition) is 2. The maximum absolute atomic E-state index is 5.97. The summed E-state index contributed by atoms with van der Waals surface area (Å²) in [5.74, 6) is 0.941. The normalized spacial score (nSPS) is 12.2. The van der Waals surface area contributed by atoms with Crippen LogP contribution in [0.15, 0.2) is 42.5 Å². The molecule has 0 saturated carbocycles. The van der Waals surface area contributed by atoms with Gasteiger partial charge in [0, 0.05) is 0 Å². The van der Waals surface area contributed by atoms with Crippen LogP contribution >= 0.6 is 0 Å². The van der Waals surface area contributed by atoms with Gasteiger partial charge >= 0.3 is 0 Å². The van der Waals surface area contributed by atoms with Gasteiger partial charge in [-0.05, 0) is 62.2 Å². The summed E-state index contributed by atoms with van der Waals surface area (Å²) in [5, 5.41) is 3.33. The fourth-order valence-corrected chi connectivity index (χ4v) is 2.50. The Hall–Kier alpha value is -1.80. The zero-order chi connectivity index (χ0) is 14.5. The highest BCUT2D eigenvalue weighted by atomic mass is 16.5. The number of hydrogen-bond donors (Lipinski definition) is 1. The molecule has 0 spiro atoms. The Morgan fingerprint density at radius 3 is 2.25 bits per heavy atom. The Kier molecular flexibility index (Phi) is 4.80. The van der Waals surface area contributed by atoms with Crippen LogP contribution in [0.25, 0.3) is 0 Å². The van der Waals surface area contributed by atoms with Gasteiger partial charge in [0.2, 0.25) is 0 Å². The molecule has 0 aliphatic heterocycles. The minimum absolute atomic E-state index is 0.206. The van der Waals surface area contributed by atoms with Crippen molar-refractivity contribution in [3.05, 3.63) is 64.7 Å². The second kappa shape index (κ2) is 6.58. The van der Waals surface area contributed by atoms with Crippen molar-refractivity contribution in [2.75, 3.05) is 13.7 Å². The van der Waals surface area contributed by atoms with Crippen LogP contribution in [-0.2, 0) is 0 Å². The van der Waals surface area contributed by atoms with Crippen LogP contribution in [0.5, 0.6) is 5.75 Å². The third-order valence-corrected chi connectivity index (χ3v) is 3.52. The van der Waals surface area contributed by atoms with Gasteiger partial charge in [-0.3, -0.25) is 0 Å². The fraction of sp³-hybridized carbons (Fsp3) is 0.333. The summed E-state index contributed by atoms with van der Waals surface area (Å²) in [7, 11) is 1.97. The Morgan fingerprint density at radius 2 is 1.65 bits per heavy atom. The van der Waals surface area contributed by atoms with Gasteiger partial charge in [-0.2, -0.15) is 0 Å². The summed E-state index contributed by atoms with van der Waals surface area (Å²) in [4.78, 5) is 0. The summed E-state index contributed by atoms with van der Waals surface area (Å²) >= 11 is 0. The zero-order valence-electron chi connectivity index (χ0n) is 12.7. The van der Waals surface area contributed by atoms with Crippen LogP contribution < -0.4 is 10.1 Å². The van der Waals surface area contributed by atoms with Gasteiger partial charge < -0.3 is 10.1 Å². The van der Waals surface area contributed by atoms with Crippen LogP contribution in [0, 0.1) is 20.8 Å². The van der Waals surface area contributed by atoms with Crippen LogP contribution in [0.4, 0.5) is 0 Å². The van der Waals surface area contributed by atoms with Crippen molar-refractivity contribution < 1.29 is 4.74 Å². The topological polar surface area (TPSA) is 21.3 Å². The quantitative estimate of drug-likeness (QED) is 0.887. The molecule has 2 aromatic carbocycles. The van der Waals surface area contributed by atoms with Crippen LogP contribution in [0.2, 0.25) is 0 Å². The second-order valence-electron chi connectivity index (χ2n) is 5.33. The molecule has 0 bridgehead atoms.